The number of aryl methyl sites for hydroxylation is 1. The molecule has 196 valence electrons. The van der Waals surface area contributed by atoms with Crippen LogP contribution in [0.3, 0.4) is 0 Å². The van der Waals surface area contributed by atoms with Gasteiger partial charge < -0.3 is 15.0 Å². The molecule has 0 unspecified atom stereocenters. The van der Waals surface area contributed by atoms with Gasteiger partial charge >= 0.3 is 5.97 Å². The second-order valence-corrected chi connectivity index (χ2v) is 10.6. The number of thiocarbonyl (C=S) groups is 1. The van der Waals surface area contributed by atoms with E-state index in [2.05, 4.69) is 12.2 Å². The maximum Gasteiger partial charge on any atom is 0.308 e. The molecule has 0 radical (unpaired) electrons. The van der Waals surface area contributed by atoms with Gasteiger partial charge in [-0.05, 0) is 31.1 Å². The van der Waals surface area contributed by atoms with Gasteiger partial charge in [0, 0.05) is 25.8 Å². The van der Waals surface area contributed by atoms with Crippen LogP contribution < -0.4 is 15.8 Å². The first kappa shape index (κ1) is 26.8. The molecule has 2 saturated heterocycles. The van der Waals surface area contributed by atoms with Crippen molar-refractivity contribution in [2.75, 3.05) is 31.6 Å². The Morgan fingerprint density at radius 1 is 1.30 bits per heavy atom. The molecule has 2 aromatic heterocycles. The Bertz CT molecular complexity index is 1350. The van der Waals surface area contributed by atoms with E-state index in [4.69, 9.17) is 21.9 Å². The van der Waals surface area contributed by atoms with Gasteiger partial charge in [-0.2, -0.15) is 0 Å². The van der Waals surface area contributed by atoms with Crippen molar-refractivity contribution in [3.63, 3.8) is 0 Å². The van der Waals surface area contributed by atoms with Crippen molar-refractivity contribution < 1.29 is 19.1 Å². The number of esters is 1. The summed E-state index contributed by atoms with van der Waals surface area (Å²) in [7, 11) is 1.25. The highest BCUT2D eigenvalue weighted by molar-refractivity contribution is 8.26. The summed E-state index contributed by atoms with van der Waals surface area (Å²) in [5, 5.41) is 2.76. The predicted molar refractivity (Wildman–Crippen MR) is 146 cm³/mol. The topological polar surface area (TPSA) is 113 Å². The van der Waals surface area contributed by atoms with Crippen LogP contribution >= 0.6 is 24.0 Å². The van der Waals surface area contributed by atoms with Gasteiger partial charge in [-0.3, -0.25) is 28.5 Å². The fourth-order valence-corrected chi connectivity index (χ4v) is 5.64. The maximum atomic E-state index is 13.8. The molecule has 0 aromatic carbocycles. The molecule has 0 aliphatic carbocycles. The lowest BCUT2D eigenvalue weighted by molar-refractivity contribution is -0.143. The van der Waals surface area contributed by atoms with Gasteiger partial charge in [0.1, 0.15) is 21.8 Å². The van der Waals surface area contributed by atoms with E-state index in [1.165, 1.54) is 17.6 Å². The molecule has 0 saturated carbocycles. The first-order valence-electron chi connectivity index (χ1n) is 12.1. The van der Waals surface area contributed by atoms with Crippen LogP contribution in [0.2, 0.25) is 0 Å². The van der Waals surface area contributed by atoms with E-state index in [0.717, 1.165) is 36.6 Å². The number of anilines is 1. The first-order valence-corrected chi connectivity index (χ1v) is 13.4. The van der Waals surface area contributed by atoms with Gasteiger partial charge in [0.25, 0.3) is 11.5 Å². The summed E-state index contributed by atoms with van der Waals surface area (Å²) in [5.74, 6) is -0.951. The van der Waals surface area contributed by atoms with E-state index in [1.807, 2.05) is 13.0 Å². The summed E-state index contributed by atoms with van der Waals surface area (Å²) in [6, 6.07) is 2.63. The third-order valence-corrected chi connectivity index (χ3v) is 7.69. The molecule has 0 spiro atoms. The first-order chi connectivity index (χ1) is 17.7. The number of piperazine rings is 1. The third kappa shape index (κ3) is 5.54. The van der Waals surface area contributed by atoms with Crippen LogP contribution in [-0.2, 0) is 19.1 Å². The van der Waals surface area contributed by atoms with Crippen molar-refractivity contribution >= 4 is 63.6 Å². The van der Waals surface area contributed by atoms with Crippen LogP contribution in [0.5, 0.6) is 0 Å². The number of carbonyl (C=O) groups is 3. The van der Waals surface area contributed by atoms with E-state index in [9.17, 15) is 19.2 Å². The van der Waals surface area contributed by atoms with Crippen molar-refractivity contribution in [1.82, 2.24) is 19.6 Å². The molecular formula is C25H29N5O5S2. The van der Waals surface area contributed by atoms with Crippen LogP contribution in [0.15, 0.2) is 28.0 Å². The fraction of sp³-hybridized carbons (Fsp3) is 0.440. The van der Waals surface area contributed by atoms with Crippen molar-refractivity contribution in [1.29, 1.82) is 0 Å². The zero-order valence-corrected chi connectivity index (χ0v) is 22.6. The Hall–Kier alpha value is -3.25. The average molecular weight is 544 g/mol. The molecule has 2 amide bonds. The van der Waals surface area contributed by atoms with Gasteiger partial charge in [0.15, 0.2) is 0 Å². The molecule has 10 nitrogen and oxygen atoms in total. The predicted octanol–water partition coefficient (Wildman–Crippen LogP) is 2.26. The van der Waals surface area contributed by atoms with Crippen LogP contribution in [-0.4, -0.2) is 69.2 Å². The lowest BCUT2D eigenvalue weighted by Gasteiger charge is -2.36. The lowest BCUT2D eigenvalue weighted by Crippen LogP contribution is -2.57. The molecule has 37 heavy (non-hydrogen) atoms. The molecule has 2 aliphatic rings. The summed E-state index contributed by atoms with van der Waals surface area (Å²) in [5.41, 5.74) is 1.01. The Kier molecular flexibility index (Phi) is 8.28. The zero-order chi connectivity index (χ0) is 26.7. The minimum atomic E-state index is -0.920. The number of pyridine rings is 1. The third-order valence-electron chi connectivity index (χ3n) is 6.31. The molecule has 2 fully saturated rings. The summed E-state index contributed by atoms with van der Waals surface area (Å²) in [6.07, 6.45) is 5.81. The highest BCUT2D eigenvalue weighted by Crippen LogP contribution is 2.34. The number of nitrogens with zero attached hydrogens (tertiary/aromatic N) is 4. The van der Waals surface area contributed by atoms with Crippen LogP contribution in [0, 0.1) is 6.92 Å². The number of methoxy groups -OCH3 is 1. The molecular weight excluding hydrogens is 514 g/mol. The molecule has 2 aliphatic heterocycles. The number of amides is 2. The molecule has 2 aromatic rings. The standard InChI is InChI=1S/C25H29N5O5S2/c1-4-5-6-10-29-24(34)18(37-25(29)36)12-16-21(27-19-8-7-15(2)14-30(19)23(16)33)28-11-9-26-22(32)17(28)13-20(31)35-3/h7-8,12,14,17H,4-6,9-11,13H2,1-3H3,(H,26,32)/b18-12-/t17-/m1/s1. The van der Waals surface area contributed by atoms with E-state index >= 15 is 0 Å². The molecule has 4 rings (SSSR count). The van der Waals surface area contributed by atoms with E-state index in [1.54, 1.807) is 22.1 Å². The van der Waals surface area contributed by atoms with Crippen LogP contribution in [0.1, 0.15) is 43.7 Å². The summed E-state index contributed by atoms with van der Waals surface area (Å²) >= 11 is 6.60. The quantitative estimate of drug-likeness (QED) is 0.232. The highest BCUT2D eigenvalue weighted by atomic mass is 32.2. The van der Waals surface area contributed by atoms with E-state index in [0.29, 0.717) is 34.5 Å². The number of carbonyl (C=O) groups excluding carboxylic acids is 3. The van der Waals surface area contributed by atoms with Crippen LogP contribution in [0.25, 0.3) is 11.7 Å². The number of fused-ring (bicyclic) bond motifs is 1. The van der Waals surface area contributed by atoms with Gasteiger partial charge in [-0.1, -0.05) is 49.8 Å². The average Bonchev–Trinajstić information content (AvgIpc) is 3.14. The molecule has 0 bridgehead atoms. The van der Waals surface area contributed by atoms with Crippen molar-refractivity contribution in [3.8, 4) is 0 Å². The molecule has 4 heterocycles. The second kappa shape index (κ2) is 11.4. The Labute approximate surface area is 224 Å². The normalized spacial score (nSPS) is 19.2. The lowest BCUT2D eigenvalue weighted by atomic mass is 10.1. The molecule has 1 atom stereocenters. The Morgan fingerprint density at radius 2 is 2.08 bits per heavy atom. The number of thioether (sulfide) groups is 1. The largest absolute Gasteiger partial charge is 0.469 e. The Morgan fingerprint density at radius 3 is 2.81 bits per heavy atom. The van der Waals surface area contributed by atoms with Gasteiger partial charge in [-0.15, -0.1) is 0 Å². The van der Waals surface area contributed by atoms with Gasteiger partial charge in [-0.25, -0.2) is 4.98 Å². The number of unbranched alkanes of at least 4 members (excludes halogenated alkanes) is 2. The fourth-order valence-electron chi connectivity index (χ4n) is 4.35. The minimum absolute atomic E-state index is 0.154. The van der Waals surface area contributed by atoms with Crippen molar-refractivity contribution in [2.45, 2.75) is 45.6 Å². The monoisotopic (exact) mass is 543 g/mol. The van der Waals surface area contributed by atoms with Gasteiger partial charge in [0.05, 0.1) is 24.0 Å². The number of nitrogens with one attached hydrogen (secondary N) is 1. The summed E-state index contributed by atoms with van der Waals surface area (Å²) in [6.45, 7) is 5.10. The minimum Gasteiger partial charge on any atom is -0.469 e. The molecule has 12 heteroatoms. The summed E-state index contributed by atoms with van der Waals surface area (Å²) < 4.78 is 6.66. The van der Waals surface area contributed by atoms with Crippen molar-refractivity contribution in [3.05, 3.63) is 44.7 Å². The number of ether oxygens (including phenoxy) is 1. The number of rotatable bonds is 8. The van der Waals surface area contributed by atoms with Gasteiger partial charge in [0.2, 0.25) is 5.91 Å². The number of hydrogen-bond acceptors (Lipinski definition) is 9. The summed E-state index contributed by atoms with van der Waals surface area (Å²) in [4.78, 5) is 60.1. The number of aromatic nitrogens is 2. The van der Waals surface area contributed by atoms with Crippen LogP contribution in [0.4, 0.5) is 5.82 Å². The SMILES string of the molecule is CCCCCN1C(=O)/C(=C/c2c(N3CCNC(=O)[C@H]3CC(=O)OC)nc3ccc(C)cn3c2=O)SC1=S. The highest BCUT2D eigenvalue weighted by Gasteiger charge is 2.36. The van der Waals surface area contributed by atoms with Crippen molar-refractivity contribution in [2.24, 2.45) is 0 Å². The zero-order valence-electron chi connectivity index (χ0n) is 21.0. The Balaban J connectivity index is 1.84. The van der Waals surface area contributed by atoms with E-state index < -0.39 is 12.0 Å². The smallest absolute Gasteiger partial charge is 0.308 e. The molecule has 1 N–H and O–H groups in total. The number of hydrogen-bond donors (Lipinski definition) is 1. The maximum absolute atomic E-state index is 13.8. The van der Waals surface area contributed by atoms with E-state index in [-0.39, 0.29) is 35.2 Å². The second-order valence-electron chi connectivity index (χ2n) is 8.91.